The highest BCUT2D eigenvalue weighted by molar-refractivity contribution is 9.10. The largest absolute Gasteiger partial charge is 0.329 e. The van der Waals surface area contributed by atoms with Crippen LogP contribution in [0.1, 0.15) is 35.7 Å². The number of halogens is 1. The van der Waals surface area contributed by atoms with E-state index in [9.17, 15) is 9.59 Å². The van der Waals surface area contributed by atoms with Crippen LogP contribution in [-0.2, 0) is 6.54 Å². The SMILES string of the molecule is Cc1nc(-c2cccc(Br)c2)ccc1C(=O)N(Cc1nc2ccccc2c(=O)[nH]1)C(C)C. The number of amides is 1. The number of H-pyrrole nitrogens is 1. The molecule has 0 aliphatic carbocycles. The number of carbonyl (C=O) groups excluding carboxylic acids is 1. The molecule has 2 aromatic carbocycles. The van der Waals surface area contributed by atoms with Crippen LogP contribution in [0.25, 0.3) is 22.2 Å². The van der Waals surface area contributed by atoms with Gasteiger partial charge in [0.2, 0.25) is 0 Å². The molecule has 0 saturated heterocycles. The number of nitrogens with one attached hydrogen (secondary N) is 1. The van der Waals surface area contributed by atoms with Gasteiger partial charge < -0.3 is 9.88 Å². The highest BCUT2D eigenvalue weighted by atomic mass is 79.9. The lowest BCUT2D eigenvalue weighted by Gasteiger charge is -2.27. The van der Waals surface area contributed by atoms with E-state index in [4.69, 9.17) is 0 Å². The van der Waals surface area contributed by atoms with Gasteiger partial charge in [0.05, 0.1) is 34.4 Å². The molecule has 2 heterocycles. The number of pyridine rings is 1. The summed E-state index contributed by atoms with van der Waals surface area (Å²) < 4.78 is 0.970. The topological polar surface area (TPSA) is 79.0 Å². The normalized spacial score (nSPS) is 11.2. The molecule has 7 heteroatoms. The number of hydrogen-bond acceptors (Lipinski definition) is 4. The van der Waals surface area contributed by atoms with Crippen molar-refractivity contribution in [1.29, 1.82) is 0 Å². The van der Waals surface area contributed by atoms with E-state index in [1.807, 2.05) is 63.2 Å². The Morgan fingerprint density at radius 3 is 2.56 bits per heavy atom. The maximum Gasteiger partial charge on any atom is 0.258 e. The van der Waals surface area contributed by atoms with Crippen molar-refractivity contribution in [2.75, 3.05) is 0 Å². The van der Waals surface area contributed by atoms with Crippen LogP contribution in [0.5, 0.6) is 0 Å². The van der Waals surface area contributed by atoms with E-state index >= 15 is 0 Å². The van der Waals surface area contributed by atoms with Gasteiger partial charge in [-0.15, -0.1) is 0 Å². The second-order valence-electron chi connectivity index (χ2n) is 7.90. The summed E-state index contributed by atoms with van der Waals surface area (Å²) in [5.41, 5.74) is 3.35. The third kappa shape index (κ3) is 4.48. The number of hydrogen-bond donors (Lipinski definition) is 1. The van der Waals surface area contributed by atoms with E-state index < -0.39 is 0 Å². The van der Waals surface area contributed by atoms with Crippen molar-refractivity contribution >= 4 is 32.7 Å². The molecule has 0 aliphatic heterocycles. The molecule has 6 nitrogen and oxygen atoms in total. The molecule has 1 amide bonds. The maximum atomic E-state index is 13.4. The van der Waals surface area contributed by atoms with Crippen molar-refractivity contribution < 1.29 is 4.79 Å². The van der Waals surface area contributed by atoms with Gasteiger partial charge in [-0.05, 0) is 57.2 Å². The molecule has 0 fully saturated rings. The molecule has 0 saturated carbocycles. The van der Waals surface area contributed by atoms with E-state index in [2.05, 4.69) is 30.9 Å². The zero-order valence-electron chi connectivity index (χ0n) is 18.1. The Morgan fingerprint density at radius 2 is 1.84 bits per heavy atom. The summed E-state index contributed by atoms with van der Waals surface area (Å²) in [6.07, 6.45) is 0. The summed E-state index contributed by atoms with van der Waals surface area (Å²) in [5.74, 6) is 0.300. The van der Waals surface area contributed by atoms with Crippen LogP contribution < -0.4 is 5.56 Å². The quantitative estimate of drug-likeness (QED) is 0.421. The van der Waals surface area contributed by atoms with Gasteiger partial charge in [-0.25, -0.2) is 4.98 Å². The number of aromatic nitrogens is 3. The third-order valence-electron chi connectivity index (χ3n) is 5.30. The Kier molecular flexibility index (Phi) is 6.19. The minimum absolute atomic E-state index is 0.0940. The van der Waals surface area contributed by atoms with E-state index in [1.54, 1.807) is 23.1 Å². The van der Waals surface area contributed by atoms with E-state index in [0.717, 1.165) is 15.7 Å². The zero-order chi connectivity index (χ0) is 22.8. The van der Waals surface area contributed by atoms with Gasteiger partial charge in [0.25, 0.3) is 11.5 Å². The number of aromatic amines is 1. The molecular formula is C25H23BrN4O2. The molecular weight excluding hydrogens is 468 g/mol. The summed E-state index contributed by atoms with van der Waals surface area (Å²) >= 11 is 3.48. The summed E-state index contributed by atoms with van der Waals surface area (Å²) in [7, 11) is 0. The molecule has 162 valence electrons. The first-order valence-electron chi connectivity index (χ1n) is 10.4. The molecule has 0 atom stereocenters. The fraction of sp³-hybridized carbons (Fsp3) is 0.200. The van der Waals surface area contributed by atoms with Gasteiger partial charge in [0.15, 0.2) is 0 Å². The van der Waals surface area contributed by atoms with Gasteiger partial charge in [-0.2, -0.15) is 0 Å². The maximum absolute atomic E-state index is 13.4. The van der Waals surface area contributed by atoms with Crippen molar-refractivity contribution in [2.45, 2.75) is 33.4 Å². The van der Waals surface area contributed by atoms with Crippen LogP contribution in [0.4, 0.5) is 0 Å². The van der Waals surface area contributed by atoms with Crippen LogP contribution in [-0.4, -0.2) is 31.8 Å². The van der Waals surface area contributed by atoms with Crippen LogP contribution in [0.3, 0.4) is 0 Å². The summed E-state index contributed by atoms with van der Waals surface area (Å²) in [6.45, 7) is 5.91. The first kappa shape index (κ1) is 21.9. The van der Waals surface area contributed by atoms with Crippen LogP contribution in [0, 0.1) is 6.92 Å². The molecule has 0 radical (unpaired) electrons. The Hall–Kier alpha value is -3.32. The van der Waals surface area contributed by atoms with Crippen molar-refractivity contribution in [2.24, 2.45) is 0 Å². The molecule has 2 aromatic heterocycles. The highest BCUT2D eigenvalue weighted by Gasteiger charge is 2.23. The number of para-hydroxylation sites is 1. The van der Waals surface area contributed by atoms with E-state index in [1.165, 1.54) is 0 Å². The summed E-state index contributed by atoms with van der Waals surface area (Å²) in [6, 6.07) is 18.6. The number of carbonyl (C=O) groups is 1. The number of aryl methyl sites for hydroxylation is 1. The van der Waals surface area contributed by atoms with Gasteiger partial charge >= 0.3 is 0 Å². The Labute approximate surface area is 194 Å². The Morgan fingerprint density at radius 1 is 1.06 bits per heavy atom. The zero-order valence-corrected chi connectivity index (χ0v) is 19.7. The predicted molar refractivity (Wildman–Crippen MR) is 129 cm³/mol. The van der Waals surface area contributed by atoms with Crippen molar-refractivity contribution in [3.05, 3.63) is 92.6 Å². The van der Waals surface area contributed by atoms with E-state index in [-0.39, 0.29) is 24.1 Å². The molecule has 4 rings (SSSR count). The minimum atomic E-state index is -0.210. The third-order valence-corrected chi connectivity index (χ3v) is 5.80. The molecule has 0 unspecified atom stereocenters. The number of rotatable bonds is 5. The molecule has 0 spiro atoms. The van der Waals surface area contributed by atoms with Crippen LogP contribution in [0.15, 0.2) is 69.9 Å². The molecule has 1 N–H and O–H groups in total. The van der Waals surface area contributed by atoms with Crippen LogP contribution in [0.2, 0.25) is 0 Å². The second kappa shape index (κ2) is 9.04. The van der Waals surface area contributed by atoms with Crippen molar-refractivity contribution in [3.63, 3.8) is 0 Å². The standard InChI is InChI=1S/C25H23BrN4O2/c1-15(2)30(14-23-28-22-10-5-4-9-20(22)24(31)29-23)25(32)19-11-12-21(27-16(19)3)17-7-6-8-18(26)13-17/h4-13,15H,14H2,1-3H3,(H,28,29,31). The number of nitrogens with zero attached hydrogens (tertiary/aromatic N) is 3. The first-order chi connectivity index (χ1) is 15.3. The monoisotopic (exact) mass is 490 g/mol. The first-order valence-corrected chi connectivity index (χ1v) is 11.2. The number of fused-ring (bicyclic) bond motifs is 1. The van der Waals surface area contributed by atoms with Gasteiger partial charge in [0.1, 0.15) is 5.82 Å². The molecule has 0 aliphatic rings. The minimum Gasteiger partial charge on any atom is -0.329 e. The number of benzene rings is 2. The highest BCUT2D eigenvalue weighted by Crippen LogP contribution is 2.23. The van der Waals surface area contributed by atoms with E-state index in [0.29, 0.717) is 28.0 Å². The fourth-order valence-corrected chi connectivity index (χ4v) is 4.01. The van der Waals surface area contributed by atoms with Gasteiger partial charge in [-0.3, -0.25) is 14.6 Å². The fourth-order valence-electron chi connectivity index (χ4n) is 3.61. The van der Waals surface area contributed by atoms with Gasteiger partial charge in [0, 0.05) is 16.1 Å². The molecule has 32 heavy (non-hydrogen) atoms. The van der Waals surface area contributed by atoms with Crippen molar-refractivity contribution in [1.82, 2.24) is 19.9 Å². The predicted octanol–water partition coefficient (Wildman–Crippen LogP) is 5.11. The molecule has 4 aromatic rings. The Bertz CT molecular complexity index is 1360. The van der Waals surface area contributed by atoms with Crippen LogP contribution >= 0.6 is 15.9 Å². The van der Waals surface area contributed by atoms with Crippen molar-refractivity contribution in [3.8, 4) is 11.3 Å². The Balaban J connectivity index is 1.65. The lowest BCUT2D eigenvalue weighted by molar-refractivity contribution is 0.0684. The van der Waals surface area contributed by atoms with Gasteiger partial charge in [-0.1, -0.05) is 40.2 Å². The summed E-state index contributed by atoms with van der Waals surface area (Å²) in [5, 5.41) is 0.529. The molecule has 0 bridgehead atoms. The average Bonchev–Trinajstić information content (AvgIpc) is 2.77. The second-order valence-corrected chi connectivity index (χ2v) is 8.81. The average molecular weight is 491 g/mol. The lowest BCUT2D eigenvalue weighted by Crippen LogP contribution is -2.38. The summed E-state index contributed by atoms with van der Waals surface area (Å²) in [4.78, 5) is 39.6. The lowest BCUT2D eigenvalue weighted by atomic mass is 10.1. The smallest absolute Gasteiger partial charge is 0.258 e.